The maximum atomic E-state index is 14.5. The summed E-state index contributed by atoms with van der Waals surface area (Å²) in [7, 11) is 1.82. The van der Waals surface area contributed by atoms with Gasteiger partial charge >= 0.3 is 0 Å². The van der Waals surface area contributed by atoms with Crippen LogP contribution >= 0.6 is 11.6 Å². The lowest BCUT2D eigenvalue weighted by atomic mass is 10.1. The maximum Gasteiger partial charge on any atom is 0.255 e. The fourth-order valence-corrected chi connectivity index (χ4v) is 3.71. The Morgan fingerprint density at radius 2 is 2.06 bits per heavy atom. The predicted molar refractivity (Wildman–Crippen MR) is 118 cm³/mol. The number of amides is 1. The van der Waals surface area contributed by atoms with E-state index in [1.54, 1.807) is 12.3 Å². The number of nitrogens with zero attached hydrogens (tertiary/aromatic N) is 3. The lowest BCUT2D eigenvalue weighted by molar-refractivity contribution is 0.0954. The van der Waals surface area contributed by atoms with E-state index in [1.807, 2.05) is 7.05 Å². The number of fused-ring (bicyclic) bond motifs is 1. The molecule has 0 bridgehead atoms. The second kappa shape index (κ2) is 9.36. The zero-order valence-electron chi connectivity index (χ0n) is 17.0. The van der Waals surface area contributed by atoms with Crippen LogP contribution in [0.2, 0.25) is 5.02 Å². The third-order valence-corrected chi connectivity index (χ3v) is 5.32. The van der Waals surface area contributed by atoms with Crippen molar-refractivity contribution in [3.63, 3.8) is 0 Å². The molecule has 0 fully saturated rings. The fourth-order valence-electron chi connectivity index (χ4n) is 3.53. The van der Waals surface area contributed by atoms with Crippen molar-refractivity contribution in [3.8, 4) is 11.4 Å². The summed E-state index contributed by atoms with van der Waals surface area (Å²) >= 11 is 6.07. The first-order valence-corrected chi connectivity index (χ1v) is 10.4. The van der Waals surface area contributed by atoms with Gasteiger partial charge in [0.25, 0.3) is 5.91 Å². The van der Waals surface area contributed by atoms with Crippen LogP contribution in [0.5, 0.6) is 0 Å². The van der Waals surface area contributed by atoms with Gasteiger partial charge in [-0.05, 0) is 50.6 Å². The van der Waals surface area contributed by atoms with Crippen molar-refractivity contribution in [1.29, 1.82) is 0 Å². The number of rotatable bonds is 7. The second-order valence-electron chi connectivity index (χ2n) is 7.20. The number of nitrogens with one attached hydrogen (secondary N) is 3. The molecule has 7 nitrogen and oxygen atoms in total. The second-order valence-corrected chi connectivity index (χ2v) is 7.64. The number of pyridine rings is 1. The molecule has 1 amide bonds. The highest BCUT2D eigenvalue weighted by molar-refractivity contribution is 6.30. The van der Waals surface area contributed by atoms with Crippen LogP contribution < -0.4 is 16.0 Å². The highest BCUT2D eigenvalue weighted by Gasteiger charge is 2.22. The van der Waals surface area contributed by atoms with Gasteiger partial charge in [-0.25, -0.2) is 14.4 Å². The average molecular weight is 441 g/mol. The topological polar surface area (TPSA) is 91.8 Å². The molecular weight excluding hydrogens is 419 g/mol. The number of carbonyl (C=O) groups excluding carboxylic acids is 1. The number of hydrogen-bond donors (Lipinski definition) is 3. The van der Waals surface area contributed by atoms with E-state index in [4.69, 9.17) is 11.6 Å². The minimum Gasteiger partial charge on any atom is -0.351 e. The molecule has 0 unspecified atom stereocenters. The van der Waals surface area contributed by atoms with Gasteiger partial charge in [0.05, 0.1) is 16.8 Å². The molecule has 0 saturated carbocycles. The number of hydrogen-bond acceptors (Lipinski definition) is 6. The van der Waals surface area contributed by atoms with Crippen molar-refractivity contribution < 1.29 is 9.18 Å². The molecular formula is C22H22ClFN6O. The molecule has 2 aromatic heterocycles. The number of aryl methyl sites for hydroxylation is 1. The van der Waals surface area contributed by atoms with E-state index in [0.717, 1.165) is 30.5 Å². The Morgan fingerprint density at radius 3 is 2.90 bits per heavy atom. The van der Waals surface area contributed by atoms with E-state index in [2.05, 4.69) is 30.9 Å². The van der Waals surface area contributed by atoms with Crippen molar-refractivity contribution in [2.45, 2.75) is 19.3 Å². The number of anilines is 2. The van der Waals surface area contributed by atoms with Crippen LogP contribution in [-0.2, 0) is 12.8 Å². The summed E-state index contributed by atoms with van der Waals surface area (Å²) < 4.78 is 14.5. The zero-order chi connectivity index (χ0) is 21.8. The number of likely N-dealkylation sites (N-methyl/N-ethyl adjacent to an activating group) is 1. The number of aromatic nitrogens is 3. The molecule has 3 N–H and O–H groups in total. The van der Waals surface area contributed by atoms with Crippen LogP contribution in [0, 0.1) is 5.82 Å². The first-order valence-electron chi connectivity index (χ1n) is 10.1. The molecule has 160 valence electrons. The third kappa shape index (κ3) is 4.65. The van der Waals surface area contributed by atoms with E-state index in [1.165, 1.54) is 24.4 Å². The molecule has 9 heteroatoms. The van der Waals surface area contributed by atoms with Gasteiger partial charge in [-0.15, -0.1) is 0 Å². The van der Waals surface area contributed by atoms with Crippen molar-refractivity contribution in [2.24, 2.45) is 0 Å². The first kappa shape index (κ1) is 21.1. The molecule has 4 rings (SSSR count). The van der Waals surface area contributed by atoms with Crippen molar-refractivity contribution in [3.05, 3.63) is 64.3 Å². The molecule has 0 saturated heterocycles. The monoisotopic (exact) mass is 440 g/mol. The van der Waals surface area contributed by atoms with Crippen LogP contribution in [0.15, 0.2) is 36.7 Å². The van der Waals surface area contributed by atoms with Crippen molar-refractivity contribution >= 4 is 29.0 Å². The maximum absolute atomic E-state index is 14.5. The van der Waals surface area contributed by atoms with Gasteiger partial charge in [0, 0.05) is 41.8 Å². The summed E-state index contributed by atoms with van der Waals surface area (Å²) in [6.45, 7) is 1.15. The highest BCUT2D eigenvalue weighted by Crippen LogP contribution is 2.33. The molecule has 31 heavy (non-hydrogen) atoms. The van der Waals surface area contributed by atoms with E-state index < -0.39 is 5.82 Å². The van der Waals surface area contributed by atoms with Gasteiger partial charge in [0.1, 0.15) is 11.6 Å². The van der Waals surface area contributed by atoms with E-state index in [0.29, 0.717) is 35.2 Å². The fraction of sp³-hybridized carbons (Fsp3) is 0.273. The normalized spacial score (nSPS) is 12.5. The van der Waals surface area contributed by atoms with Gasteiger partial charge in [0.15, 0.2) is 5.82 Å². The Morgan fingerprint density at radius 1 is 1.19 bits per heavy atom. The number of carbonyl (C=O) groups is 1. The van der Waals surface area contributed by atoms with Gasteiger partial charge in [-0.3, -0.25) is 9.78 Å². The third-order valence-electron chi connectivity index (χ3n) is 5.08. The van der Waals surface area contributed by atoms with E-state index >= 15 is 0 Å². The largest absolute Gasteiger partial charge is 0.351 e. The predicted octanol–water partition coefficient (Wildman–Crippen LogP) is 3.51. The highest BCUT2D eigenvalue weighted by atomic mass is 35.5. The van der Waals surface area contributed by atoms with Crippen LogP contribution in [-0.4, -0.2) is 41.0 Å². The van der Waals surface area contributed by atoms with E-state index in [9.17, 15) is 9.18 Å². The summed E-state index contributed by atoms with van der Waals surface area (Å²) in [5, 5.41) is 9.51. The molecule has 1 aromatic carbocycles. The summed E-state index contributed by atoms with van der Waals surface area (Å²) in [6.07, 6.45) is 5.65. The Hall–Kier alpha value is -3.10. The SMILES string of the molecule is CNCCNC(=O)c1cnccc1Nc1nc(-c2cc(Cl)ccc2F)nc2c1CCC2. The number of benzene rings is 1. The van der Waals surface area contributed by atoms with Crippen LogP contribution in [0.25, 0.3) is 11.4 Å². The summed E-state index contributed by atoms with van der Waals surface area (Å²) in [5.74, 6) is 0.143. The number of halogens is 2. The van der Waals surface area contributed by atoms with Gasteiger partial charge in [-0.1, -0.05) is 11.6 Å². The van der Waals surface area contributed by atoms with E-state index in [-0.39, 0.29) is 17.3 Å². The molecule has 1 aliphatic carbocycles. The molecule has 0 spiro atoms. The smallest absolute Gasteiger partial charge is 0.255 e. The quantitative estimate of drug-likeness (QED) is 0.487. The Balaban J connectivity index is 1.71. The lowest BCUT2D eigenvalue weighted by Gasteiger charge is -2.15. The Kier molecular flexibility index (Phi) is 6.39. The lowest BCUT2D eigenvalue weighted by Crippen LogP contribution is -2.30. The van der Waals surface area contributed by atoms with Crippen LogP contribution in [0.1, 0.15) is 28.0 Å². The molecule has 1 aliphatic rings. The summed E-state index contributed by atoms with van der Waals surface area (Å²) in [5.41, 5.74) is 3.07. The molecule has 0 aliphatic heterocycles. The summed E-state index contributed by atoms with van der Waals surface area (Å²) in [4.78, 5) is 25.9. The zero-order valence-corrected chi connectivity index (χ0v) is 17.8. The standard InChI is InChI=1S/C22H22ClFN6O/c1-25-9-10-27-22(31)16-12-26-8-7-19(16)29-20-14-3-2-4-18(14)28-21(30-20)15-11-13(23)5-6-17(15)24/h5-8,11-12,25H,2-4,9-10H2,1H3,(H,27,31)(H,26,28,29,30). The van der Waals surface area contributed by atoms with Crippen molar-refractivity contribution in [2.75, 3.05) is 25.5 Å². The first-order chi connectivity index (χ1) is 15.1. The average Bonchev–Trinajstić information content (AvgIpc) is 3.25. The Bertz CT molecular complexity index is 1120. The van der Waals surface area contributed by atoms with Crippen LogP contribution in [0.3, 0.4) is 0 Å². The summed E-state index contributed by atoms with van der Waals surface area (Å²) in [6, 6.07) is 6.03. The molecule has 3 aromatic rings. The molecule has 0 radical (unpaired) electrons. The minimum atomic E-state index is -0.443. The minimum absolute atomic E-state index is 0.238. The van der Waals surface area contributed by atoms with Gasteiger partial charge in [0.2, 0.25) is 0 Å². The Labute approximate surface area is 184 Å². The van der Waals surface area contributed by atoms with Crippen molar-refractivity contribution in [1.82, 2.24) is 25.6 Å². The molecule has 0 atom stereocenters. The van der Waals surface area contributed by atoms with Gasteiger partial charge < -0.3 is 16.0 Å². The van der Waals surface area contributed by atoms with Crippen LogP contribution in [0.4, 0.5) is 15.9 Å². The molecule has 2 heterocycles. The van der Waals surface area contributed by atoms with Gasteiger partial charge in [-0.2, -0.15) is 0 Å².